The van der Waals surface area contributed by atoms with Gasteiger partial charge in [-0.3, -0.25) is 9.78 Å². The Balaban J connectivity index is 2.46. The van der Waals surface area contributed by atoms with Crippen molar-refractivity contribution >= 4 is 17.8 Å². The zero-order valence-electron chi connectivity index (χ0n) is 13.0. The first-order valence-corrected chi connectivity index (χ1v) is 6.83. The summed E-state index contributed by atoms with van der Waals surface area (Å²) < 4.78 is 4.72. The highest BCUT2D eigenvalue weighted by molar-refractivity contribution is 6.15. The highest BCUT2D eigenvalue weighted by atomic mass is 16.5. The molecule has 116 valence electrons. The van der Waals surface area contributed by atoms with Crippen molar-refractivity contribution in [2.45, 2.75) is 13.8 Å². The minimum atomic E-state index is -0.523. The summed E-state index contributed by atoms with van der Waals surface area (Å²) in [5.41, 5.74) is 2.11. The number of carbonyl (C=O) groups is 2. The van der Waals surface area contributed by atoms with E-state index in [-0.39, 0.29) is 11.3 Å². The molecule has 0 aliphatic rings. The van der Waals surface area contributed by atoms with Crippen molar-refractivity contribution in [3.63, 3.8) is 0 Å². The van der Waals surface area contributed by atoms with E-state index in [1.54, 1.807) is 38.4 Å². The van der Waals surface area contributed by atoms with Crippen molar-refractivity contribution in [2.24, 2.45) is 0 Å². The molecule has 2 heterocycles. The van der Waals surface area contributed by atoms with Gasteiger partial charge in [0.1, 0.15) is 11.6 Å². The molecule has 0 aliphatic carbocycles. The molecular formula is C17H15N3O3. The van der Waals surface area contributed by atoms with E-state index >= 15 is 0 Å². The number of methoxy groups -OCH3 is 1. The smallest absolute Gasteiger partial charge is 0.339 e. The molecular weight excluding hydrogens is 294 g/mol. The Morgan fingerprint density at radius 3 is 2.70 bits per heavy atom. The molecule has 0 radical (unpaired) electrons. The van der Waals surface area contributed by atoms with Gasteiger partial charge in [0.05, 0.1) is 18.4 Å². The SMILES string of the molecule is COC(=O)c1c(C)[nH]c(C(=O)/C(C#N)=C\c2cccnc2)c1C. The van der Waals surface area contributed by atoms with Crippen LogP contribution < -0.4 is 0 Å². The predicted octanol–water partition coefficient (Wildman–Crippen LogP) is 2.60. The first kappa shape index (κ1) is 16.2. The zero-order valence-corrected chi connectivity index (χ0v) is 13.0. The Hall–Kier alpha value is -3.20. The van der Waals surface area contributed by atoms with Gasteiger partial charge >= 0.3 is 5.97 Å². The predicted molar refractivity (Wildman–Crippen MR) is 83.8 cm³/mol. The summed E-state index contributed by atoms with van der Waals surface area (Å²) in [5.74, 6) is -1.00. The third-order valence-electron chi connectivity index (χ3n) is 3.41. The van der Waals surface area contributed by atoms with Gasteiger partial charge in [-0.2, -0.15) is 5.26 Å². The lowest BCUT2D eigenvalue weighted by Crippen LogP contribution is -2.06. The van der Waals surface area contributed by atoms with E-state index in [4.69, 9.17) is 4.74 Å². The number of ketones is 1. The van der Waals surface area contributed by atoms with Crippen LogP contribution in [0.15, 0.2) is 30.1 Å². The molecule has 1 N–H and O–H groups in total. The molecule has 2 aromatic heterocycles. The minimum Gasteiger partial charge on any atom is -0.465 e. The van der Waals surface area contributed by atoms with Gasteiger partial charge in [0.15, 0.2) is 0 Å². The van der Waals surface area contributed by atoms with Gasteiger partial charge in [0.25, 0.3) is 0 Å². The molecule has 0 aliphatic heterocycles. The molecule has 0 fully saturated rings. The van der Waals surface area contributed by atoms with Crippen LogP contribution in [0.25, 0.3) is 6.08 Å². The highest BCUT2D eigenvalue weighted by Crippen LogP contribution is 2.22. The van der Waals surface area contributed by atoms with Crippen LogP contribution in [0.5, 0.6) is 0 Å². The summed E-state index contributed by atoms with van der Waals surface area (Å²) in [6.45, 7) is 3.31. The number of nitrogens with zero attached hydrogens (tertiary/aromatic N) is 2. The molecule has 0 amide bonds. The minimum absolute atomic E-state index is 0.0428. The van der Waals surface area contributed by atoms with Crippen molar-refractivity contribution in [1.82, 2.24) is 9.97 Å². The Kier molecular flexibility index (Phi) is 4.72. The van der Waals surface area contributed by atoms with Gasteiger partial charge < -0.3 is 9.72 Å². The molecule has 23 heavy (non-hydrogen) atoms. The zero-order chi connectivity index (χ0) is 17.0. The van der Waals surface area contributed by atoms with E-state index in [9.17, 15) is 14.9 Å². The largest absolute Gasteiger partial charge is 0.465 e. The molecule has 0 aromatic carbocycles. The van der Waals surface area contributed by atoms with Crippen LogP contribution in [0.3, 0.4) is 0 Å². The number of allylic oxidation sites excluding steroid dienone is 1. The van der Waals surface area contributed by atoms with E-state index < -0.39 is 11.8 Å². The second-order valence-electron chi connectivity index (χ2n) is 4.90. The Morgan fingerprint density at radius 2 is 2.13 bits per heavy atom. The van der Waals surface area contributed by atoms with Crippen LogP contribution in [0, 0.1) is 25.2 Å². The fraction of sp³-hybridized carbons (Fsp3) is 0.176. The number of Topliss-reactive ketones (excluding diaryl/α,β-unsaturated/α-hetero) is 1. The van der Waals surface area contributed by atoms with Gasteiger partial charge in [-0.05, 0) is 37.1 Å². The summed E-state index contributed by atoms with van der Waals surface area (Å²) in [6.07, 6.45) is 4.62. The Labute approximate surface area is 133 Å². The number of carbonyl (C=O) groups excluding carboxylic acids is 2. The standard InChI is InChI=1S/C17H15N3O3/c1-10-14(17(22)23-3)11(2)20-15(10)16(21)13(8-18)7-12-5-4-6-19-9-12/h4-7,9,20H,1-3H3/b13-7-. The normalized spacial score (nSPS) is 11.0. The van der Waals surface area contributed by atoms with E-state index in [1.807, 2.05) is 6.07 Å². The lowest BCUT2D eigenvalue weighted by atomic mass is 10.0. The second kappa shape index (κ2) is 6.71. The van der Waals surface area contributed by atoms with Crippen LogP contribution in [-0.4, -0.2) is 28.8 Å². The topological polar surface area (TPSA) is 95.8 Å². The number of aromatic nitrogens is 2. The lowest BCUT2D eigenvalue weighted by molar-refractivity contribution is 0.0599. The maximum atomic E-state index is 12.6. The fourth-order valence-corrected chi connectivity index (χ4v) is 2.30. The van der Waals surface area contributed by atoms with Crippen molar-refractivity contribution in [3.8, 4) is 6.07 Å². The summed E-state index contributed by atoms with van der Waals surface area (Å²) in [4.78, 5) is 31.2. The average Bonchev–Trinajstić information content (AvgIpc) is 2.87. The quantitative estimate of drug-likeness (QED) is 0.405. The molecule has 2 aromatic rings. The summed E-state index contributed by atoms with van der Waals surface area (Å²) in [5, 5.41) is 9.28. The van der Waals surface area contributed by atoms with Crippen LogP contribution in [0.1, 0.15) is 37.7 Å². The van der Waals surface area contributed by atoms with Crippen LogP contribution >= 0.6 is 0 Å². The van der Waals surface area contributed by atoms with Crippen molar-refractivity contribution in [2.75, 3.05) is 7.11 Å². The molecule has 0 unspecified atom stereocenters. The Morgan fingerprint density at radius 1 is 1.39 bits per heavy atom. The number of pyridine rings is 1. The molecule has 6 nitrogen and oxygen atoms in total. The Bertz CT molecular complexity index is 827. The fourth-order valence-electron chi connectivity index (χ4n) is 2.30. The second-order valence-corrected chi connectivity index (χ2v) is 4.90. The average molecular weight is 309 g/mol. The van der Waals surface area contributed by atoms with Gasteiger partial charge in [0, 0.05) is 18.1 Å². The number of nitriles is 1. The highest BCUT2D eigenvalue weighted by Gasteiger charge is 2.24. The maximum absolute atomic E-state index is 12.6. The van der Waals surface area contributed by atoms with Gasteiger partial charge in [-0.15, -0.1) is 0 Å². The number of esters is 1. The number of ether oxygens (including phenoxy) is 1. The van der Waals surface area contributed by atoms with Crippen molar-refractivity contribution in [3.05, 3.63) is 58.2 Å². The third-order valence-corrected chi connectivity index (χ3v) is 3.41. The monoisotopic (exact) mass is 309 g/mol. The molecule has 0 atom stereocenters. The number of aromatic amines is 1. The summed E-state index contributed by atoms with van der Waals surface area (Å²) in [6, 6.07) is 5.35. The van der Waals surface area contributed by atoms with E-state index in [1.165, 1.54) is 13.2 Å². The molecule has 0 saturated heterocycles. The van der Waals surface area contributed by atoms with Crippen molar-refractivity contribution < 1.29 is 14.3 Å². The van der Waals surface area contributed by atoms with Crippen LogP contribution in [0.2, 0.25) is 0 Å². The van der Waals surface area contributed by atoms with Crippen molar-refractivity contribution in [1.29, 1.82) is 5.26 Å². The van der Waals surface area contributed by atoms with E-state index in [0.717, 1.165) is 0 Å². The first-order valence-electron chi connectivity index (χ1n) is 6.83. The summed E-state index contributed by atoms with van der Waals surface area (Å²) >= 11 is 0. The molecule has 6 heteroatoms. The van der Waals surface area contributed by atoms with Gasteiger partial charge in [0.2, 0.25) is 5.78 Å². The number of hydrogen-bond donors (Lipinski definition) is 1. The number of H-pyrrole nitrogens is 1. The van der Waals surface area contributed by atoms with Gasteiger partial charge in [-0.25, -0.2) is 4.79 Å². The molecule has 0 saturated carbocycles. The number of aryl methyl sites for hydroxylation is 1. The van der Waals surface area contributed by atoms with E-state index in [2.05, 4.69) is 9.97 Å². The number of hydrogen-bond acceptors (Lipinski definition) is 5. The first-order chi connectivity index (χ1) is 11.0. The maximum Gasteiger partial charge on any atom is 0.339 e. The molecule has 2 rings (SSSR count). The molecule has 0 spiro atoms. The van der Waals surface area contributed by atoms with Gasteiger partial charge in [-0.1, -0.05) is 6.07 Å². The lowest BCUT2D eigenvalue weighted by Gasteiger charge is -2.01. The number of nitrogens with one attached hydrogen (secondary N) is 1. The van der Waals surface area contributed by atoms with Crippen LogP contribution in [0.4, 0.5) is 0 Å². The van der Waals surface area contributed by atoms with Crippen LogP contribution in [-0.2, 0) is 4.74 Å². The summed E-state index contributed by atoms with van der Waals surface area (Å²) in [7, 11) is 1.28. The third kappa shape index (κ3) is 3.19. The van der Waals surface area contributed by atoms with E-state index in [0.29, 0.717) is 22.4 Å². The number of rotatable bonds is 4. The molecule has 0 bridgehead atoms.